The predicted octanol–water partition coefficient (Wildman–Crippen LogP) is 0.696. The molecule has 1 aromatic heterocycles. The van der Waals surface area contributed by atoms with Gasteiger partial charge in [0.15, 0.2) is 0 Å². The first kappa shape index (κ1) is 13.7. The molecule has 0 atom stereocenters. The zero-order valence-electron chi connectivity index (χ0n) is 10.9. The third-order valence-corrected chi connectivity index (χ3v) is 2.26. The highest BCUT2D eigenvalue weighted by atomic mass is 16.1. The van der Waals surface area contributed by atoms with Gasteiger partial charge >= 0.3 is 0 Å². The van der Waals surface area contributed by atoms with Crippen molar-refractivity contribution < 1.29 is 4.79 Å². The Labute approximate surface area is 103 Å². The summed E-state index contributed by atoms with van der Waals surface area (Å²) in [7, 11) is 0. The maximum absolute atomic E-state index is 11.3. The van der Waals surface area contributed by atoms with Crippen molar-refractivity contribution in [2.24, 2.45) is 0 Å². The summed E-state index contributed by atoms with van der Waals surface area (Å²) in [5.41, 5.74) is 1.17. The maximum atomic E-state index is 11.3. The standard InChI is InChI=1S/C12H22N4O/c1-10(2)15-12(17)4-5-13-6-7-16-9-11(3)8-14-16/h8-10,13H,4-7H2,1-3H3,(H,15,17). The summed E-state index contributed by atoms with van der Waals surface area (Å²) in [6.45, 7) is 8.32. The molecular formula is C12H22N4O. The van der Waals surface area contributed by atoms with Crippen LogP contribution >= 0.6 is 0 Å². The maximum Gasteiger partial charge on any atom is 0.221 e. The van der Waals surface area contributed by atoms with Gasteiger partial charge in [0.1, 0.15) is 0 Å². The van der Waals surface area contributed by atoms with Crippen LogP contribution in [0.25, 0.3) is 0 Å². The topological polar surface area (TPSA) is 59.0 Å². The monoisotopic (exact) mass is 238 g/mol. The van der Waals surface area contributed by atoms with Crippen molar-refractivity contribution in [2.75, 3.05) is 13.1 Å². The molecule has 5 nitrogen and oxygen atoms in total. The van der Waals surface area contributed by atoms with Crippen LogP contribution in [0, 0.1) is 6.92 Å². The molecule has 0 aromatic carbocycles. The minimum Gasteiger partial charge on any atom is -0.354 e. The molecule has 5 heteroatoms. The third-order valence-electron chi connectivity index (χ3n) is 2.26. The fraction of sp³-hybridized carbons (Fsp3) is 0.667. The molecule has 1 heterocycles. The van der Waals surface area contributed by atoms with Crippen LogP contribution in [-0.4, -0.2) is 34.8 Å². The summed E-state index contributed by atoms with van der Waals surface area (Å²) in [5, 5.41) is 10.3. The Morgan fingerprint density at radius 2 is 2.24 bits per heavy atom. The Morgan fingerprint density at radius 1 is 1.47 bits per heavy atom. The van der Waals surface area contributed by atoms with Gasteiger partial charge in [-0.15, -0.1) is 0 Å². The summed E-state index contributed by atoms with van der Waals surface area (Å²) >= 11 is 0. The zero-order chi connectivity index (χ0) is 12.7. The van der Waals surface area contributed by atoms with Crippen molar-refractivity contribution in [3.05, 3.63) is 18.0 Å². The van der Waals surface area contributed by atoms with Crippen molar-refractivity contribution in [3.8, 4) is 0 Å². The summed E-state index contributed by atoms with van der Waals surface area (Å²) in [5.74, 6) is 0.0995. The quantitative estimate of drug-likeness (QED) is 0.687. The number of aromatic nitrogens is 2. The number of aryl methyl sites for hydroxylation is 1. The zero-order valence-corrected chi connectivity index (χ0v) is 10.9. The molecule has 1 amide bonds. The van der Waals surface area contributed by atoms with E-state index >= 15 is 0 Å². The van der Waals surface area contributed by atoms with Crippen LogP contribution in [0.4, 0.5) is 0 Å². The molecule has 1 rings (SSSR count). The molecule has 0 saturated carbocycles. The summed E-state index contributed by atoms with van der Waals surface area (Å²) < 4.78 is 1.90. The SMILES string of the molecule is Cc1cnn(CCNCCC(=O)NC(C)C)c1. The Balaban J connectivity index is 2.03. The highest BCUT2D eigenvalue weighted by Gasteiger charge is 2.01. The number of hydrogen-bond donors (Lipinski definition) is 2. The number of carbonyl (C=O) groups excluding carboxylic acids is 1. The summed E-state index contributed by atoms with van der Waals surface area (Å²) in [6, 6.07) is 0.217. The lowest BCUT2D eigenvalue weighted by Gasteiger charge is -2.08. The highest BCUT2D eigenvalue weighted by Crippen LogP contribution is 1.92. The first-order valence-corrected chi connectivity index (χ1v) is 6.07. The molecule has 0 aliphatic rings. The van der Waals surface area contributed by atoms with Gasteiger partial charge in [0, 0.05) is 31.7 Å². The minimum atomic E-state index is 0.0995. The average molecular weight is 238 g/mol. The van der Waals surface area contributed by atoms with Crippen LogP contribution in [0.1, 0.15) is 25.8 Å². The van der Waals surface area contributed by atoms with Gasteiger partial charge in [0.2, 0.25) is 5.91 Å². The van der Waals surface area contributed by atoms with Crippen molar-refractivity contribution in [1.29, 1.82) is 0 Å². The van der Waals surface area contributed by atoms with E-state index in [1.807, 2.05) is 37.8 Å². The van der Waals surface area contributed by atoms with Gasteiger partial charge in [-0.05, 0) is 26.3 Å². The van der Waals surface area contributed by atoms with E-state index in [4.69, 9.17) is 0 Å². The first-order valence-electron chi connectivity index (χ1n) is 6.07. The van der Waals surface area contributed by atoms with Gasteiger partial charge in [-0.2, -0.15) is 5.10 Å². The van der Waals surface area contributed by atoms with Gasteiger partial charge in [-0.3, -0.25) is 9.48 Å². The van der Waals surface area contributed by atoms with Crippen molar-refractivity contribution in [2.45, 2.75) is 39.8 Å². The Kier molecular flexibility index (Phi) is 5.69. The van der Waals surface area contributed by atoms with E-state index in [1.54, 1.807) is 0 Å². The molecule has 2 N–H and O–H groups in total. The molecule has 0 unspecified atom stereocenters. The van der Waals surface area contributed by atoms with Crippen LogP contribution < -0.4 is 10.6 Å². The fourth-order valence-electron chi connectivity index (χ4n) is 1.50. The van der Waals surface area contributed by atoms with Crippen molar-refractivity contribution >= 4 is 5.91 Å². The van der Waals surface area contributed by atoms with E-state index in [2.05, 4.69) is 15.7 Å². The summed E-state index contributed by atoms with van der Waals surface area (Å²) in [6.07, 6.45) is 4.37. The molecule has 0 fully saturated rings. The smallest absolute Gasteiger partial charge is 0.221 e. The molecule has 0 aliphatic carbocycles. The second kappa shape index (κ2) is 7.06. The lowest BCUT2D eigenvalue weighted by Crippen LogP contribution is -2.33. The van der Waals surface area contributed by atoms with Crippen molar-refractivity contribution in [1.82, 2.24) is 20.4 Å². The number of rotatable bonds is 7. The predicted molar refractivity (Wildman–Crippen MR) is 67.7 cm³/mol. The molecule has 0 aliphatic heterocycles. The average Bonchev–Trinajstić information content (AvgIpc) is 2.62. The molecular weight excluding hydrogens is 216 g/mol. The molecule has 1 aromatic rings. The molecule has 17 heavy (non-hydrogen) atoms. The van der Waals surface area contributed by atoms with E-state index in [-0.39, 0.29) is 11.9 Å². The van der Waals surface area contributed by atoms with Crippen LogP contribution in [-0.2, 0) is 11.3 Å². The fourth-order valence-corrected chi connectivity index (χ4v) is 1.50. The lowest BCUT2D eigenvalue weighted by atomic mass is 10.3. The van der Waals surface area contributed by atoms with Gasteiger partial charge in [-0.25, -0.2) is 0 Å². The minimum absolute atomic E-state index is 0.0995. The number of nitrogens with zero attached hydrogens (tertiary/aromatic N) is 2. The van der Waals surface area contributed by atoms with Gasteiger partial charge in [0.25, 0.3) is 0 Å². The van der Waals surface area contributed by atoms with Crippen LogP contribution in [0.15, 0.2) is 12.4 Å². The number of hydrogen-bond acceptors (Lipinski definition) is 3. The lowest BCUT2D eigenvalue weighted by molar-refractivity contribution is -0.121. The van der Waals surface area contributed by atoms with Crippen molar-refractivity contribution in [3.63, 3.8) is 0 Å². The number of amides is 1. The Bertz CT molecular complexity index is 346. The molecule has 0 spiro atoms. The van der Waals surface area contributed by atoms with Gasteiger partial charge in [0.05, 0.1) is 12.7 Å². The van der Waals surface area contributed by atoms with Crippen LogP contribution in [0.5, 0.6) is 0 Å². The first-order chi connectivity index (χ1) is 8.08. The number of carbonyl (C=O) groups is 1. The summed E-state index contributed by atoms with van der Waals surface area (Å²) in [4.78, 5) is 11.3. The third kappa shape index (κ3) is 6.06. The Hall–Kier alpha value is -1.36. The second-order valence-corrected chi connectivity index (χ2v) is 4.50. The molecule has 96 valence electrons. The number of nitrogens with one attached hydrogen (secondary N) is 2. The van der Waals surface area contributed by atoms with Crippen LogP contribution in [0.2, 0.25) is 0 Å². The van der Waals surface area contributed by atoms with Crippen LogP contribution in [0.3, 0.4) is 0 Å². The van der Waals surface area contributed by atoms with E-state index in [1.165, 1.54) is 5.56 Å². The molecule has 0 saturated heterocycles. The van der Waals surface area contributed by atoms with E-state index in [0.29, 0.717) is 13.0 Å². The molecule has 0 bridgehead atoms. The Morgan fingerprint density at radius 3 is 2.82 bits per heavy atom. The van der Waals surface area contributed by atoms with Gasteiger partial charge in [-0.1, -0.05) is 0 Å². The molecule has 0 radical (unpaired) electrons. The van der Waals surface area contributed by atoms with E-state index in [0.717, 1.165) is 13.1 Å². The normalized spacial score (nSPS) is 10.8. The van der Waals surface area contributed by atoms with Gasteiger partial charge < -0.3 is 10.6 Å². The second-order valence-electron chi connectivity index (χ2n) is 4.50. The van der Waals surface area contributed by atoms with E-state index in [9.17, 15) is 4.79 Å². The highest BCUT2D eigenvalue weighted by molar-refractivity contribution is 5.76. The largest absolute Gasteiger partial charge is 0.354 e. The van der Waals surface area contributed by atoms with E-state index < -0.39 is 0 Å².